The maximum absolute atomic E-state index is 11.3. The first kappa shape index (κ1) is 13.9. The topological polar surface area (TPSA) is 49.4 Å². The van der Waals surface area contributed by atoms with Gasteiger partial charge >= 0.3 is 0 Å². The van der Waals surface area contributed by atoms with E-state index in [1.165, 1.54) is 0 Å². The second kappa shape index (κ2) is 6.57. The van der Waals surface area contributed by atoms with Gasteiger partial charge in [-0.25, -0.2) is 8.42 Å². The summed E-state index contributed by atoms with van der Waals surface area (Å²) in [6, 6.07) is 0.508. The molecule has 1 atom stereocenters. The molecule has 1 N–H and O–H groups in total. The molecule has 1 heterocycles. The Balaban J connectivity index is 2.20. The first-order chi connectivity index (χ1) is 7.55. The van der Waals surface area contributed by atoms with Crippen LogP contribution in [0.5, 0.6) is 0 Å². The zero-order valence-electron chi connectivity index (χ0n) is 10.4. The fourth-order valence-corrected chi connectivity index (χ4v) is 3.28. The van der Waals surface area contributed by atoms with Crippen LogP contribution in [-0.2, 0) is 9.84 Å². The number of sulfone groups is 1. The normalized spacial score (nSPS) is 23.1. The van der Waals surface area contributed by atoms with E-state index in [1.807, 2.05) is 0 Å². The van der Waals surface area contributed by atoms with Gasteiger partial charge in [-0.3, -0.25) is 4.90 Å². The van der Waals surface area contributed by atoms with Crippen LogP contribution in [0.15, 0.2) is 0 Å². The largest absolute Gasteiger partial charge is 0.317 e. The van der Waals surface area contributed by atoms with Gasteiger partial charge in [0.05, 0.1) is 11.5 Å². The Kier molecular flexibility index (Phi) is 5.72. The van der Waals surface area contributed by atoms with Gasteiger partial charge in [0.1, 0.15) is 0 Å². The molecule has 0 amide bonds. The number of rotatable bonds is 6. The van der Waals surface area contributed by atoms with Crippen LogP contribution in [0.4, 0.5) is 0 Å². The third-order valence-corrected chi connectivity index (χ3v) is 4.84. The van der Waals surface area contributed by atoms with Gasteiger partial charge in [-0.1, -0.05) is 6.92 Å². The van der Waals surface area contributed by atoms with Gasteiger partial charge in [-0.2, -0.15) is 0 Å². The summed E-state index contributed by atoms with van der Waals surface area (Å²) in [5, 5.41) is 3.31. The maximum Gasteiger partial charge on any atom is 0.152 e. The summed E-state index contributed by atoms with van der Waals surface area (Å²) >= 11 is 0. The fraction of sp³-hybridized carbons (Fsp3) is 1.00. The van der Waals surface area contributed by atoms with Crippen molar-refractivity contribution < 1.29 is 8.42 Å². The lowest BCUT2D eigenvalue weighted by molar-refractivity contribution is 0.213. The number of nitrogens with zero attached hydrogens (tertiary/aromatic N) is 1. The summed E-state index contributed by atoms with van der Waals surface area (Å²) in [5.74, 6) is 0.676. The van der Waals surface area contributed by atoms with Crippen molar-refractivity contribution in [3.8, 4) is 0 Å². The lowest BCUT2D eigenvalue weighted by Gasteiger charge is -2.32. The molecule has 0 aromatic carbocycles. The monoisotopic (exact) mass is 248 g/mol. The van der Waals surface area contributed by atoms with E-state index >= 15 is 0 Å². The minimum absolute atomic E-state index is 0.338. The average molecular weight is 248 g/mol. The van der Waals surface area contributed by atoms with Crippen molar-refractivity contribution >= 4 is 9.84 Å². The molecular formula is C11H24N2O2S. The zero-order chi connectivity index (χ0) is 12.0. The molecule has 0 aromatic rings. The van der Waals surface area contributed by atoms with Crippen LogP contribution >= 0.6 is 0 Å². The summed E-state index contributed by atoms with van der Waals surface area (Å²) in [4.78, 5) is 2.30. The quantitative estimate of drug-likeness (QED) is 0.695. The van der Waals surface area contributed by atoms with E-state index in [0.717, 1.165) is 25.9 Å². The predicted molar refractivity (Wildman–Crippen MR) is 67.5 cm³/mol. The molecule has 0 aliphatic carbocycles. The van der Waals surface area contributed by atoms with Crippen LogP contribution in [0, 0.1) is 0 Å². The molecule has 1 fully saturated rings. The van der Waals surface area contributed by atoms with Crippen LogP contribution in [0.25, 0.3) is 0 Å². The van der Waals surface area contributed by atoms with Crippen molar-refractivity contribution in [3.63, 3.8) is 0 Å². The van der Waals surface area contributed by atoms with Gasteiger partial charge in [-0.05, 0) is 32.9 Å². The highest BCUT2D eigenvalue weighted by Crippen LogP contribution is 2.11. The van der Waals surface area contributed by atoms with E-state index in [2.05, 4.69) is 24.1 Å². The van der Waals surface area contributed by atoms with E-state index in [0.29, 0.717) is 30.6 Å². The summed E-state index contributed by atoms with van der Waals surface area (Å²) in [6.45, 7) is 7.82. The van der Waals surface area contributed by atoms with Crippen LogP contribution in [0.3, 0.4) is 0 Å². The highest BCUT2D eigenvalue weighted by Gasteiger charge is 2.24. The van der Waals surface area contributed by atoms with Crippen LogP contribution in [0.2, 0.25) is 0 Å². The molecule has 0 radical (unpaired) electrons. The molecule has 0 saturated carbocycles. The third-order valence-electron chi connectivity index (χ3n) is 3.23. The lowest BCUT2D eigenvalue weighted by atomic mass is 10.1. The Morgan fingerprint density at radius 1 is 1.31 bits per heavy atom. The summed E-state index contributed by atoms with van der Waals surface area (Å²) < 4.78 is 22.6. The van der Waals surface area contributed by atoms with Crippen molar-refractivity contribution in [1.29, 1.82) is 0 Å². The molecule has 96 valence electrons. The molecular weight excluding hydrogens is 224 g/mol. The summed E-state index contributed by atoms with van der Waals surface area (Å²) in [6.07, 6.45) is 2.31. The minimum Gasteiger partial charge on any atom is -0.317 e. The fourth-order valence-electron chi connectivity index (χ4n) is 2.05. The van der Waals surface area contributed by atoms with Gasteiger partial charge < -0.3 is 5.32 Å². The molecule has 1 aliphatic heterocycles. The van der Waals surface area contributed by atoms with Gasteiger partial charge in [0, 0.05) is 19.1 Å². The van der Waals surface area contributed by atoms with Gasteiger partial charge in [0.2, 0.25) is 0 Å². The Hall–Kier alpha value is -0.130. The first-order valence-corrected chi connectivity index (χ1v) is 8.02. The highest BCUT2D eigenvalue weighted by molar-refractivity contribution is 7.91. The van der Waals surface area contributed by atoms with E-state index in [4.69, 9.17) is 0 Å². The van der Waals surface area contributed by atoms with E-state index in [1.54, 1.807) is 0 Å². The van der Waals surface area contributed by atoms with Crippen molar-refractivity contribution in [2.75, 3.05) is 37.7 Å². The zero-order valence-corrected chi connectivity index (χ0v) is 11.2. The van der Waals surface area contributed by atoms with Gasteiger partial charge in [0.25, 0.3) is 0 Å². The Morgan fingerprint density at radius 2 is 1.94 bits per heavy atom. The predicted octanol–water partition coefficient (Wildman–Crippen LogP) is 0.495. The molecule has 1 unspecified atom stereocenters. The molecule has 5 heteroatoms. The minimum atomic E-state index is -2.73. The smallest absolute Gasteiger partial charge is 0.152 e. The molecule has 1 rings (SSSR count). The molecule has 16 heavy (non-hydrogen) atoms. The van der Waals surface area contributed by atoms with Crippen molar-refractivity contribution in [1.82, 2.24) is 10.2 Å². The molecule has 4 nitrogen and oxygen atoms in total. The molecule has 0 aromatic heterocycles. The number of hydrogen-bond donors (Lipinski definition) is 1. The van der Waals surface area contributed by atoms with Crippen molar-refractivity contribution in [3.05, 3.63) is 0 Å². The van der Waals surface area contributed by atoms with Gasteiger partial charge in [0.15, 0.2) is 9.84 Å². The van der Waals surface area contributed by atoms with Crippen molar-refractivity contribution in [2.24, 2.45) is 0 Å². The van der Waals surface area contributed by atoms with Crippen molar-refractivity contribution in [2.45, 2.75) is 32.7 Å². The lowest BCUT2D eigenvalue weighted by Crippen LogP contribution is -2.45. The van der Waals surface area contributed by atoms with E-state index < -0.39 is 9.84 Å². The van der Waals surface area contributed by atoms with E-state index in [9.17, 15) is 8.42 Å². The standard InChI is InChI=1S/C11H24N2O2S/c1-3-12-6-4-5-11(2)13-7-9-16(14,15)10-8-13/h11-12H,3-10H2,1-2H3. The first-order valence-electron chi connectivity index (χ1n) is 6.20. The molecule has 1 saturated heterocycles. The molecule has 1 aliphatic rings. The van der Waals surface area contributed by atoms with Crippen LogP contribution < -0.4 is 5.32 Å². The number of nitrogens with one attached hydrogen (secondary N) is 1. The molecule has 0 spiro atoms. The third kappa shape index (κ3) is 4.80. The van der Waals surface area contributed by atoms with Crippen LogP contribution in [-0.4, -0.2) is 57.0 Å². The Morgan fingerprint density at radius 3 is 2.50 bits per heavy atom. The summed E-state index contributed by atoms with van der Waals surface area (Å²) in [7, 11) is -2.73. The SMILES string of the molecule is CCNCCCC(C)N1CCS(=O)(=O)CC1. The highest BCUT2D eigenvalue weighted by atomic mass is 32.2. The van der Waals surface area contributed by atoms with Gasteiger partial charge in [-0.15, -0.1) is 0 Å². The second-order valence-corrected chi connectivity index (χ2v) is 6.84. The Bertz CT molecular complexity index is 276. The molecule has 0 bridgehead atoms. The maximum atomic E-state index is 11.3. The van der Waals surface area contributed by atoms with E-state index in [-0.39, 0.29) is 0 Å². The Labute approximate surface area is 99.3 Å². The average Bonchev–Trinajstić information content (AvgIpc) is 2.24. The van der Waals surface area contributed by atoms with Crippen LogP contribution in [0.1, 0.15) is 26.7 Å². The number of hydrogen-bond acceptors (Lipinski definition) is 4. The second-order valence-electron chi connectivity index (χ2n) is 4.53. The summed E-state index contributed by atoms with van der Waals surface area (Å²) in [5.41, 5.74) is 0.